The first kappa shape index (κ1) is 17.3. The van der Waals surface area contributed by atoms with Gasteiger partial charge in [0.1, 0.15) is 0 Å². The molecule has 24 heavy (non-hydrogen) atoms. The van der Waals surface area contributed by atoms with Crippen molar-refractivity contribution in [1.29, 1.82) is 0 Å². The van der Waals surface area contributed by atoms with Crippen LogP contribution in [0.25, 0.3) is 0 Å². The molecule has 0 bridgehead atoms. The van der Waals surface area contributed by atoms with Crippen molar-refractivity contribution in [3.63, 3.8) is 0 Å². The van der Waals surface area contributed by atoms with Gasteiger partial charge in [0.2, 0.25) is 5.91 Å². The number of carbonyl (C=O) groups excluding carboxylic acids is 2. The zero-order chi connectivity index (χ0) is 17.1. The van der Waals surface area contributed by atoms with Gasteiger partial charge in [-0.3, -0.25) is 9.59 Å². The second-order valence-corrected chi connectivity index (χ2v) is 7.71. The Balaban J connectivity index is 1.52. The van der Waals surface area contributed by atoms with Gasteiger partial charge in [0.25, 0.3) is 5.91 Å². The summed E-state index contributed by atoms with van der Waals surface area (Å²) in [4.78, 5) is 26.3. The van der Waals surface area contributed by atoms with Gasteiger partial charge in [0.05, 0.1) is 0 Å². The number of carbonyl (C=O) groups is 2. The lowest BCUT2D eigenvalue weighted by atomic mass is 9.88. The van der Waals surface area contributed by atoms with E-state index in [1.54, 1.807) is 4.90 Å². The fourth-order valence-electron chi connectivity index (χ4n) is 3.22. The summed E-state index contributed by atoms with van der Waals surface area (Å²) in [6.07, 6.45) is 5.80. The van der Waals surface area contributed by atoms with E-state index >= 15 is 0 Å². The number of hydrogen-bond acceptors (Lipinski definition) is 2. The number of halogens is 1. The summed E-state index contributed by atoms with van der Waals surface area (Å²) >= 11 is 6.11. The molecule has 2 saturated carbocycles. The van der Waals surface area contributed by atoms with Crippen LogP contribution in [-0.2, 0) is 11.3 Å². The molecule has 0 saturated heterocycles. The first-order valence-electron chi connectivity index (χ1n) is 8.82. The molecule has 0 heterocycles. The molecular formula is C19H25ClN2O2. The van der Waals surface area contributed by atoms with E-state index in [1.165, 1.54) is 0 Å². The van der Waals surface area contributed by atoms with Crippen LogP contribution in [-0.4, -0.2) is 35.2 Å². The maximum absolute atomic E-state index is 12.5. The van der Waals surface area contributed by atoms with Crippen LogP contribution in [0.2, 0.25) is 0 Å². The van der Waals surface area contributed by atoms with Gasteiger partial charge in [-0.05, 0) is 56.2 Å². The zero-order valence-corrected chi connectivity index (χ0v) is 14.9. The van der Waals surface area contributed by atoms with Crippen molar-refractivity contribution >= 4 is 23.4 Å². The average molecular weight is 349 g/mol. The minimum absolute atomic E-state index is 0.00804. The predicted octanol–water partition coefficient (Wildman–Crippen LogP) is 3.33. The molecule has 2 amide bonds. The van der Waals surface area contributed by atoms with Crippen molar-refractivity contribution in [1.82, 2.24) is 10.2 Å². The van der Waals surface area contributed by atoms with Gasteiger partial charge in [-0.2, -0.15) is 0 Å². The quantitative estimate of drug-likeness (QED) is 0.830. The Morgan fingerprint density at radius 1 is 1.08 bits per heavy atom. The maximum atomic E-state index is 12.5. The van der Waals surface area contributed by atoms with E-state index in [0.29, 0.717) is 18.2 Å². The molecule has 1 N–H and O–H groups in total. The molecule has 4 nitrogen and oxygen atoms in total. The fraction of sp³-hybridized carbons (Fsp3) is 0.579. The van der Waals surface area contributed by atoms with Crippen molar-refractivity contribution in [3.05, 3.63) is 35.4 Å². The highest BCUT2D eigenvalue weighted by Crippen LogP contribution is 2.29. The van der Waals surface area contributed by atoms with Crippen LogP contribution < -0.4 is 5.32 Å². The Kier molecular flexibility index (Phi) is 5.44. The third kappa shape index (κ3) is 4.50. The predicted molar refractivity (Wildman–Crippen MR) is 95.0 cm³/mol. The summed E-state index contributed by atoms with van der Waals surface area (Å²) < 4.78 is 0. The monoisotopic (exact) mass is 348 g/mol. The van der Waals surface area contributed by atoms with E-state index in [4.69, 9.17) is 11.6 Å². The third-order valence-corrected chi connectivity index (χ3v) is 5.37. The molecule has 0 unspecified atom stereocenters. The molecule has 2 aliphatic carbocycles. The minimum atomic E-state index is -0.00804. The molecule has 3 rings (SSSR count). The molecule has 2 fully saturated rings. The van der Waals surface area contributed by atoms with Crippen LogP contribution in [0.5, 0.6) is 0 Å². The summed E-state index contributed by atoms with van der Waals surface area (Å²) in [6.45, 7) is 0.574. The number of amides is 2. The number of benzene rings is 1. The number of rotatable bonds is 5. The summed E-state index contributed by atoms with van der Waals surface area (Å²) in [7, 11) is 1.85. The van der Waals surface area contributed by atoms with Gasteiger partial charge in [-0.25, -0.2) is 0 Å². The van der Waals surface area contributed by atoms with Crippen molar-refractivity contribution in [2.75, 3.05) is 7.05 Å². The smallest absolute Gasteiger partial charge is 0.251 e. The van der Waals surface area contributed by atoms with Crippen LogP contribution in [0.1, 0.15) is 54.4 Å². The van der Waals surface area contributed by atoms with E-state index in [2.05, 4.69) is 5.32 Å². The van der Waals surface area contributed by atoms with Crippen LogP contribution in [0.4, 0.5) is 0 Å². The SMILES string of the molecule is CN(Cc1ccc(C(=O)NC2CC2)cc1)C(=O)C1CCC(Cl)CC1. The largest absolute Gasteiger partial charge is 0.349 e. The molecule has 5 heteroatoms. The normalized spacial score (nSPS) is 23.6. The number of nitrogens with one attached hydrogen (secondary N) is 1. The molecule has 130 valence electrons. The molecule has 0 aromatic heterocycles. The van der Waals surface area contributed by atoms with E-state index in [1.807, 2.05) is 31.3 Å². The molecular weight excluding hydrogens is 324 g/mol. The van der Waals surface area contributed by atoms with Gasteiger partial charge in [-0.1, -0.05) is 12.1 Å². The Bertz CT molecular complexity index is 590. The summed E-state index contributed by atoms with van der Waals surface area (Å²) in [5.74, 6) is 0.300. The summed E-state index contributed by atoms with van der Waals surface area (Å²) in [5, 5.41) is 3.21. The molecule has 0 spiro atoms. The van der Waals surface area contributed by atoms with E-state index in [9.17, 15) is 9.59 Å². The van der Waals surface area contributed by atoms with Gasteiger partial charge in [0, 0.05) is 36.5 Å². The zero-order valence-electron chi connectivity index (χ0n) is 14.1. The molecule has 1 aromatic carbocycles. The van der Waals surface area contributed by atoms with E-state index < -0.39 is 0 Å². The van der Waals surface area contributed by atoms with Crippen LogP contribution >= 0.6 is 11.6 Å². The molecule has 2 aliphatic rings. The lowest BCUT2D eigenvalue weighted by Gasteiger charge is -2.28. The highest BCUT2D eigenvalue weighted by atomic mass is 35.5. The van der Waals surface area contributed by atoms with Gasteiger partial charge in [0.15, 0.2) is 0 Å². The van der Waals surface area contributed by atoms with Crippen LogP contribution in [0.15, 0.2) is 24.3 Å². The van der Waals surface area contributed by atoms with Crippen molar-refractivity contribution < 1.29 is 9.59 Å². The van der Waals surface area contributed by atoms with Gasteiger partial charge >= 0.3 is 0 Å². The van der Waals surface area contributed by atoms with Gasteiger partial charge in [-0.15, -0.1) is 11.6 Å². The summed E-state index contributed by atoms with van der Waals surface area (Å²) in [5.41, 5.74) is 1.72. The lowest BCUT2D eigenvalue weighted by molar-refractivity contribution is -0.135. The second-order valence-electron chi connectivity index (χ2n) is 7.09. The first-order valence-corrected chi connectivity index (χ1v) is 9.25. The number of alkyl halides is 1. The molecule has 1 aromatic rings. The summed E-state index contributed by atoms with van der Waals surface area (Å²) in [6, 6.07) is 7.90. The van der Waals surface area contributed by atoms with Crippen molar-refractivity contribution in [2.45, 2.75) is 56.5 Å². The lowest BCUT2D eigenvalue weighted by Crippen LogP contribution is -2.34. The van der Waals surface area contributed by atoms with Gasteiger partial charge < -0.3 is 10.2 Å². The average Bonchev–Trinajstić information content (AvgIpc) is 3.39. The molecule has 0 radical (unpaired) electrons. The fourth-order valence-corrected chi connectivity index (χ4v) is 3.47. The van der Waals surface area contributed by atoms with Crippen LogP contribution in [0.3, 0.4) is 0 Å². The van der Waals surface area contributed by atoms with Crippen molar-refractivity contribution in [3.8, 4) is 0 Å². The Morgan fingerprint density at radius 2 is 1.71 bits per heavy atom. The Morgan fingerprint density at radius 3 is 2.29 bits per heavy atom. The Labute approximate surface area is 148 Å². The molecule has 0 atom stereocenters. The number of hydrogen-bond donors (Lipinski definition) is 1. The first-order chi connectivity index (χ1) is 11.5. The Hall–Kier alpha value is -1.55. The second kappa shape index (κ2) is 7.56. The standard InChI is InChI=1S/C19H25ClN2O2/c1-22(19(24)15-6-8-16(20)9-7-15)12-13-2-4-14(5-3-13)18(23)21-17-10-11-17/h2-5,15-17H,6-12H2,1H3,(H,21,23). The van der Waals surface area contributed by atoms with Crippen molar-refractivity contribution in [2.24, 2.45) is 5.92 Å². The number of nitrogens with zero attached hydrogens (tertiary/aromatic N) is 1. The maximum Gasteiger partial charge on any atom is 0.251 e. The highest BCUT2D eigenvalue weighted by Gasteiger charge is 2.27. The van der Waals surface area contributed by atoms with E-state index in [-0.39, 0.29) is 23.1 Å². The molecule has 0 aliphatic heterocycles. The topological polar surface area (TPSA) is 49.4 Å². The van der Waals surface area contributed by atoms with Crippen LogP contribution in [0, 0.1) is 5.92 Å². The third-order valence-electron chi connectivity index (χ3n) is 4.93. The van der Waals surface area contributed by atoms with E-state index in [0.717, 1.165) is 44.1 Å². The minimum Gasteiger partial charge on any atom is -0.349 e. The highest BCUT2D eigenvalue weighted by molar-refractivity contribution is 6.20.